The van der Waals surface area contributed by atoms with Gasteiger partial charge in [0.2, 0.25) is 0 Å². The normalized spacial score (nSPS) is 12.2. The predicted molar refractivity (Wildman–Crippen MR) is 102 cm³/mol. The Hall–Kier alpha value is -2.28. The van der Waals surface area contributed by atoms with Crippen molar-refractivity contribution >= 4 is 11.9 Å². The lowest BCUT2D eigenvalue weighted by molar-refractivity contribution is -0.161. The summed E-state index contributed by atoms with van der Waals surface area (Å²) in [6, 6.07) is 9.47. The molecule has 0 saturated carbocycles. The number of benzene rings is 1. The van der Waals surface area contributed by atoms with Crippen LogP contribution in [0.4, 0.5) is 0 Å². The van der Waals surface area contributed by atoms with Crippen molar-refractivity contribution in [2.45, 2.75) is 46.6 Å². The molecule has 0 fully saturated rings. The van der Waals surface area contributed by atoms with E-state index < -0.39 is 18.0 Å². The molecule has 0 heterocycles. The molecule has 0 unspecified atom stereocenters. The van der Waals surface area contributed by atoms with Gasteiger partial charge in [0.1, 0.15) is 5.92 Å². The van der Waals surface area contributed by atoms with Crippen LogP contribution in [0, 0.1) is 24.2 Å². The van der Waals surface area contributed by atoms with Gasteiger partial charge < -0.3 is 9.64 Å². The van der Waals surface area contributed by atoms with E-state index in [9.17, 15) is 9.59 Å². The van der Waals surface area contributed by atoms with Crippen LogP contribution in [0.1, 0.15) is 39.7 Å². The molecule has 0 aliphatic carbocycles. The van der Waals surface area contributed by atoms with Gasteiger partial charge in [0.25, 0.3) is 5.91 Å². The maximum atomic E-state index is 12.3. The van der Waals surface area contributed by atoms with Crippen LogP contribution in [0.15, 0.2) is 30.3 Å². The highest BCUT2D eigenvalue weighted by atomic mass is 16.5. The van der Waals surface area contributed by atoms with Gasteiger partial charge in [0.15, 0.2) is 6.10 Å². The Labute approximate surface area is 152 Å². The standard InChI is InChI=1S/C19H25NO3.C2H6/c1-6-16(12-14(2)3)19(22)23-17(18(21)20(4)5)13-15-10-8-7-9-11-15;1-2/h1,7-11,14,16-17H,12-13H2,2-5H3;1-2H3/t16-,17+;/m0./s1. The van der Waals surface area contributed by atoms with E-state index in [1.54, 1.807) is 14.1 Å². The largest absolute Gasteiger partial charge is 0.451 e. The third-order valence-electron chi connectivity index (χ3n) is 3.43. The third-order valence-corrected chi connectivity index (χ3v) is 3.43. The number of rotatable bonds is 7. The van der Waals surface area contributed by atoms with Crippen molar-refractivity contribution in [2.75, 3.05) is 14.1 Å². The molecule has 0 aliphatic heterocycles. The summed E-state index contributed by atoms with van der Waals surface area (Å²) in [5.74, 6) is 1.38. The first-order chi connectivity index (χ1) is 11.8. The highest BCUT2D eigenvalue weighted by molar-refractivity contribution is 5.85. The lowest BCUT2D eigenvalue weighted by Crippen LogP contribution is -2.39. The molecule has 0 spiro atoms. The zero-order valence-corrected chi connectivity index (χ0v) is 16.3. The second-order valence-corrected chi connectivity index (χ2v) is 6.20. The zero-order valence-electron chi connectivity index (χ0n) is 16.3. The van der Waals surface area contributed by atoms with Crippen molar-refractivity contribution in [3.63, 3.8) is 0 Å². The molecule has 25 heavy (non-hydrogen) atoms. The van der Waals surface area contributed by atoms with Crippen LogP contribution < -0.4 is 0 Å². The average molecular weight is 345 g/mol. The van der Waals surface area contributed by atoms with Crippen LogP contribution in [-0.2, 0) is 20.7 Å². The van der Waals surface area contributed by atoms with E-state index >= 15 is 0 Å². The van der Waals surface area contributed by atoms with Crippen molar-refractivity contribution < 1.29 is 14.3 Å². The topological polar surface area (TPSA) is 46.6 Å². The quantitative estimate of drug-likeness (QED) is 0.561. The molecule has 0 bridgehead atoms. The first-order valence-electron chi connectivity index (χ1n) is 8.76. The summed E-state index contributed by atoms with van der Waals surface area (Å²) in [7, 11) is 3.28. The maximum absolute atomic E-state index is 12.3. The molecule has 0 saturated heterocycles. The minimum atomic E-state index is -0.858. The molecule has 0 radical (unpaired) electrons. The van der Waals surface area contributed by atoms with Crippen LogP contribution in [0.2, 0.25) is 0 Å². The molecule has 1 aromatic rings. The molecule has 0 aliphatic rings. The minimum absolute atomic E-state index is 0.248. The molecular weight excluding hydrogens is 314 g/mol. The molecule has 1 aromatic carbocycles. The van der Waals surface area contributed by atoms with Gasteiger partial charge in [-0.05, 0) is 17.9 Å². The lowest BCUT2D eigenvalue weighted by atomic mass is 9.98. The third kappa shape index (κ3) is 8.39. The molecule has 4 nitrogen and oxygen atoms in total. The highest BCUT2D eigenvalue weighted by Gasteiger charge is 2.28. The number of carbonyl (C=O) groups is 2. The number of esters is 1. The minimum Gasteiger partial charge on any atom is -0.451 e. The lowest BCUT2D eigenvalue weighted by Gasteiger charge is -2.22. The van der Waals surface area contributed by atoms with Crippen molar-refractivity contribution in [2.24, 2.45) is 11.8 Å². The number of ether oxygens (including phenoxy) is 1. The van der Waals surface area contributed by atoms with Crippen molar-refractivity contribution in [3.8, 4) is 12.3 Å². The SMILES string of the molecule is C#C[C@@H](CC(C)C)C(=O)O[C@H](Cc1ccccc1)C(=O)N(C)C.CC. The fraction of sp³-hybridized carbons (Fsp3) is 0.524. The Bertz CT molecular complexity index is 558. The molecule has 4 heteroatoms. The van der Waals surface area contributed by atoms with Crippen LogP contribution in [0.25, 0.3) is 0 Å². The van der Waals surface area contributed by atoms with Crippen LogP contribution >= 0.6 is 0 Å². The molecular formula is C21H31NO3. The summed E-state index contributed by atoms with van der Waals surface area (Å²) in [6.45, 7) is 7.98. The van der Waals surface area contributed by atoms with Gasteiger partial charge in [-0.25, -0.2) is 0 Å². The average Bonchev–Trinajstić information content (AvgIpc) is 2.60. The van der Waals surface area contributed by atoms with Crippen molar-refractivity contribution in [1.29, 1.82) is 0 Å². The summed E-state index contributed by atoms with van der Waals surface area (Å²) in [4.78, 5) is 26.0. The van der Waals surface area contributed by atoms with E-state index in [4.69, 9.17) is 11.2 Å². The number of hydrogen-bond acceptors (Lipinski definition) is 3. The molecule has 2 atom stereocenters. The van der Waals surface area contributed by atoms with E-state index in [1.807, 2.05) is 58.0 Å². The Morgan fingerprint density at radius 3 is 2.16 bits per heavy atom. The van der Waals surface area contributed by atoms with Crippen LogP contribution in [-0.4, -0.2) is 37.0 Å². The fourth-order valence-corrected chi connectivity index (χ4v) is 2.22. The summed E-state index contributed by atoms with van der Waals surface area (Å²) in [5, 5.41) is 0. The summed E-state index contributed by atoms with van der Waals surface area (Å²) >= 11 is 0. The number of carbonyl (C=O) groups excluding carboxylic acids is 2. The maximum Gasteiger partial charge on any atom is 0.321 e. The van der Waals surface area contributed by atoms with E-state index in [0.29, 0.717) is 12.8 Å². The molecule has 1 amide bonds. The van der Waals surface area contributed by atoms with Gasteiger partial charge >= 0.3 is 5.97 Å². The van der Waals surface area contributed by atoms with Gasteiger partial charge in [0.05, 0.1) is 0 Å². The zero-order chi connectivity index (χ0) is 19.4. The fourth-order valence-electron chi connectivity index (χ4n) is 2.22. The Balaban J connectivity index is 0.00000277. The summed E-state index contributed by atoms with van der Waals surface area (Å²) < 4.78 is 5.46. The first-order valence-corrected chi connectivity index (χ1v) is 8.76. The number of nitrogens with zero attached hydrogens (tertiary/aromatic N) is 1. The van der Waals surface area contributed by atoms with Crippen molar-refractivity contribution in [1.82, 2.24) is 4.90 Å². The van der Waals surface area contributed by atoms with Crippen LogP contribution in [0.5, 0.6) is 0 Å². The Morgan fingerprint density at radius 2 is 1.72 bits per heavy atom. The smallest absolute Gasteiger partial charge is 0.321 e. The Morgan fingerprint density at radius 1 is 1.16 bits per heavy atom. The second-order valence-electron chi connectivity index (χ2n) is 6.20. The molecule has 0 N–H and O–H groups in total. The monoisotopic (exact) mass is 345 g/mol. The van der Waals surface area contributed by atoms with Crippen LogP contribution in [0.3, 0.4) is 0 Å². The van der Waals surface area contributed by atoms with E-state index in [1.165, 1.54) is 4.90 Å². The molecule has 1 rings (SSSR count). The van der Waals surface area contributed by atoms with Gasteiger partial charge in [-0.15, -0.1) is 6.42 Å². The number of hydrogen-bond donors (Lipinski definition) is 0. The first kappa shape index (κ1) is 22.7. The second kappa shape index (κ2) is 12.1. The highest BCUT2D eigenvalue weighted by Crippen LogP contribution is 2.16. The van der Waals surface area contributed by atoms with Gasteiger partial charge in [-0.2, -0.15) is 0 Å². The predicted octanol–water partition coefficient (Wildman–Crippen LogP) is 3.55. The summed E-state index contributed by atoms with van der Waals surface area (Å²) in [6.07, 6.45) is 5.46. The summed E-state index contributed by atoms with van der Waals surface area (Å²) in [5.41, 5.74) is 0.932. The van der Waals surface area contributed by atoms with Gasteiger partial charge in [0, 0.05) is 20.5 Å². The number of terminal acetylenes is 1. The van der Waals surface area contributed by atoms with E-state index in [-0.39, 0.29) is 11.8 Å². The molecule has 138 valence electrons. The van der Waals surface area contributed by atoms with E-state index in [0.717, 1.165) is 5.56 Å². The number of amides is 1. The van der Waals surface area contributed by atoms with E-state index in [2.05, 4.69) is 5.92 Å². The van der Waals surface area contributed by atoms with Crippen molar-refractivity contribution in [3.05, 3.63) is 35.9 Å². The van der Waals surface area contributed by atoms with Gasteiger partial charge in [-0.3, -0.25) is 9.59 Å². The number of likely N-dealkylation sites (N-methyl/N-ethyl adjacent to an activating group) is 1. The Kier molecular flexibility index (Phi) is 11.0. The van der Waals surface area contributed by atoms with Gasteiger partial charge in [-0.1, -0.05) is 63.9 Å². The molecule has 0 aromatic heterocycles.